The van der Waals surface area contributed by atoms with Gasteiger partial charge in [-0.15, -0.1) is 0 Å². The molecule has 4 rings (SSSR count). The van der Waals surface area contributed by atoms with E-state index in [1.807, 2.05) is 29.1 Å². The Bertz CT molecular complexity index is 1140. The Morgan fingerprint density at radius 2 is 1.93 bits per heavy atom. The summed E-state index contributed by atoms with van der Waals surface area (Å²) in [6.45, 7) is 4.17. The van der Waals surface area contributed by atoms with Crippen LogP contribution in [0.5, 0.6) is 0 Å². The summed E-state index contributed by atoms with van der Waals surface area (Å²) in [5.41, 5.74) is 0.276. The molecule has 0 saturated carbocycles. The molecule has 142 valence electrons. The molecule has 0 aliphatic heterocycles. The van der Waals surface area contributed by atoms with Gasteiger partial charge in [0.2, 0.25) is 0 Å². The number of rotatable bonds is 5. The minimum Gasteiger partial charge on any atom is -0.307 e. The second kappa shape index (κ2) is 7.13. The average molecular weight is 394 g/mol. The minimum atomic E-state index is -0.896. The summed E-state index contributed by atoms with van der Waals surface area (Å²) in [4.78, 5) is 12.7. The van der Waals surface area contributed by atoms with E-state index in [0.29, 0.717) is 17.4 Å². The van der Waals surface area contributed by atoms with Crippen LogP contribution in [0.1, 0.15) is 19.4 Å². The van der Waals surface area contributed by atoms with E-state index in [1.54, 1.807) is 26.1 Å². The molecule has 0 spiro atoms. The van der Waals surface area contributed by atoms with Gasteiger partial charge < -0.3 is 5.32 Å². The summed E-state index contributed by atoms with van der Waals surface area (Å²) in [5, 5.41) is 14.4. The summed E-state index contributed by atoms with van der Waals surface area (Å²) in [6, 6.07) is 16.3. The smallest absolute Gasteiger partial charge is 0.252 e. The zero-order valence-corrected chi connectivity index (χ0v) is 16.4. The number of anilines is 1. The number of amides is 1. The van der Waals surface area contributed by atoms with Gasteiger partial charge in [0.15, 0.2) is 5.82 Å². The number of carbonyl (C=O) groups is 1. The van der Waals surface area contributed by atoms with Crippen molar-refractivity contribution in [3.8, 4) is 0 Å². The van der Waals surface area contributed by atoms with E-state index in [0.717, 1.165) is 0 Å². The standard InChI is InChI=1S/C21H20ClN5O/c1-21(2,27-14-17(22)12-23-27)20(28)24-19-10-11-26(25-19)13-16-8-5-7-15-6-3-4-9-18(15)16/h3-12,14H,13H2,1-2H3,(H,24,25,28). The molecule has 2 heterocycles. The number of benzene rings is 2. The van der Waals surface area contributed by atoms with Gasteiger partial charge in [-0.3, -0.25) is 14.2 Å². The maximum Gasteiger partial charge on any atom is 0.252 e. The van der Waals surface area contributed by atoms with Crippen LogP contribution in [0.3, 0.4) is 0 Å². The molecule has 0 aliphatic carbocycles. The van der Waals surface area contributed by atoms with Crippen LogP contribution in [-0.4, -0.2) is 25.5 Å². The Balaban J connectivity index is 1.51. The number of carbonyl (C=O) groups excluding carboxylic acids is 1. The first kappa shape index (κ1) is 18.3. The van der Waals surface area contributed by atoms with Gasteiger partial charge in [-0.25, -0.2) is 0 Å². The minimum absolute atomic E-state index is 0.220. The first-order valence-corrected chi connectivity index (χ1v) is 9.33. The third kappa shape index (κ3) is 3.51. The highest BCUT2D eigenvalue weighted by Crippen LogP contribution is 2.21. The molecule has 0 fully saturated rings. The van der Waals surface area contributed by atoms with Crippen molar-refractivity contribution in [2.24, 2.45) is 0 Å². The van der Waals surface area contributed by atoms with Crippen molar-refractivity contribution >= 4 is 34.1 Å². The van der Waals surface area contributed by atoms with Crippen molar-refractivity contribution in [3.63, 3.8) is 0 Å². The van der Waals surface area contributed by atoms with Crippen LogP contribution in [0.15, 0.2) is 67.1 Å². The fourth-order valence-electron chi connectivity index (χ4n) is 3.10. The third-order valence-corrected chi connectivity index (χ3v) is 4.97. The van der Waals surface area contributed by atoms with E-state index in [4.69, 9.17) is 11.6 Å². The second-order valence-corrected chi connectivity index (χ2v) is 7.59. The normalized spacial score (nSPS) is 11.7. The SMILES string of the molecule is CC(C)(C(=O)Nc1ccn(Cc2cccc3ccccc23)n1)n1cc(Cl)cn1. The Kier molecular flexibility index (Phi) is 4.65. The molecular formula is C21H20ClN5O. The molecule has 6 nitrogen and oxygen atoms in total. The predicted octanol–water partition coefficient (Wildman–Crippen LogP) is 4.31. The van der Waals surface area contributed by atoms with Gasteiger partial charge in [0.25, 0.3) is 5.91 Å². The van der Waals surface area contributed by atoms with E-state index in [-0.39, 0.29) is 5.91 Å². The van der Waals surface area contributed by atoms with Crippen molar-refractivity contribution in [2.45, 2.75) is 25.9 Å². The topological polar surface area (TPSA) is 64.7 Å². The van der Waals surface area contributed by atoms with Gasteiger partial charge in [0.1, 0.15) is 5.54 Å². The van der Waals surface area contributed by atoms with Gasteiger partial charge in [0.05, 0.1) is 17.8 Å². The lowest BCUT2D eigenvalue weighted by atomic mass is 10.0. The molecule has 1 amide bonds. The summed E-state index contributed by atoms with van der Waals surface area (Å²) in [7, 11) is 0. The first-order valence-electron chi connectivity index (χ1n) is 8.96. The predicted molar refractivity (Wildman–Crippen MR) is 110 cm³/mol. The number of nitrogens with zero attached hydrogens (tertiary/aromatic N) is 4. The van der Waals surface area contributed by atoms with Crippen LogP contribution in [0, 0.1) is 0 Å². The van der Waals surface area contributed by atoms with Crippen LogP contribution < -0.4 is 5.32 Å². The molecule has 1 N–H and O–H groups in total. The molecule has 2 aromatic heterocycles. The fraction of sp³-hybridized carbons (Fsp3) is 0.190. The second-order valence-electron chi connectivity index (χ2n) is 7.15. The molecule has 0 aliphatic rings. The van der Waals surface area contributed by atoms with Crippen molar-refractivity contribution < 1.29 is 4.79 Å². The van der Waals surface area contributed by atoms with Gasteiger partial charge in [0, 0.05) is 18.5 Å². The molecule has 0 saturated heterocycles. The lowest BCUT2D eigenvalue weighted by Crippen LogP contribution is -2.40. The van der Waals surface area contributed by atoms with E-state index >= 15 is 0 Å². The highest BCUT2D eigenvalue weighted by molar-refractivity contribution is 6.30. The number of hydrogen-bond donors (Lipinski definition) is 1. The molecule has 2 aromatic carbocycles. The quantitative estimate of drug-likeness (QED) is 0.549. The van der Waals surface area contributed by atoms with E-state index in [9.17, 15) is 4.79 Å². The zero-order chi connectivity index (χ0) is 19.7. The van der Waals surface area contributed by atoms with Crippen LogP contribution >= 0.6 is 11.6 Å². The highest BCUT2D eigenvalue weighted by Gasteiger charge is 2.31. The van der Waals surface area contributed by atoms with Crippen molar-refractivity contribution in [2.75, 3.05) is 5.32 Å². The van der Waals surface area contributed by atoms with E-state index in [2.05, 4.69) is 39.8 Å². The third-order valence-electron chi connectivity index (χ3n) is 4.77. The van der Waals surface area contributed by atoms with Gasteiger partial charge >= 0.3 is 0 Å². The lowest BCUT2D eigenvalue weighted by Gasteiger charge is -2.23. The Morgan fingerprint density at radius 1 is 1.14 bits per heavy atom. The Labute approximate surface area is 167 Å². The number of fused-ring (bicyclic) bond motifs is 1. The molecule has 4 aromatic rings. The Morgan fingerprint density at radius 3 is 2.71 bits per heavy atom. The van der Waals surface area contributed by atoms with Crippen molar-refractivity contribution in [1.82, 2.24) is 19.6 Å². The summed E-state index contributed by atoms with van der Waals surface area (Å²) < 4.78 is 3.35. The Hall–Kier alpha value is -3.12. The molecule has 0 unspecified atom stereocenters. The van der Waals surface area contributed by atoms with Crippen molar-refractivity contribution in [1.29, 1.82) is 0 Å². The van der Waals surface area contributed by atoms with Crippen LogP contribution in [0.4, 0.5) is 5.82 Å². The molecule has 0 bridgehead atoms. The van der Waals surface area contributed by atoms with Crippen LogP contribution in [0.2, 0.25) is 5.02 Å². The van der Waals surface area contributed by atoms with Gasteiger partial charge in [-0.05, 0) is 30.2 Å². The molecule has 28 heavy (non-hydrogen) atoms. The first-order chi connectivity index (χ1) is 13.4. The van der Waals surface area contributed by atoms with Crippen LogP contribution in [-0.2, 0) is 16.9 Å². The van der Waals surface area contributed by atoms with E-state index < -0.39 is 5.54 Å². The van der Waals surface area contributed by atoms with E-state index in [1.165, 1.54) is 27.2 Å². The van der Waals surface area contributed by atoms with Gasteiger partial charge in [-0.1, -0.05) is 54.1 Å². The average Bonchev–Trinajstić information content (AvgIpc) is 3.31. The summed E-state index contributed by atoms with van der Waals surface area (Å²) in [5.74, 6) is 0.277. The largest absolute Gasteiger partial charge is 0.307 e. The maximum absolute atomic E-state index is 12.7. The van der Waals surface area contributed by atoms with Crippen LogP contribution in [0.25, 0.3) is 10.8 Å². The fourth-order valence-corrected chi connectivity index (χ4v) is 3.24. The number of hydrogen-bond acceptors (Lipinski definition) is 3. The van der Waals surface area contributed by atoms with Gasteiger partial charge in [-0.2, -0.15) is 10.2 Å². The molecule has 0 atom stereocenters. The zero-order valence-electron chi connectivity index (χ0n) is 15.6. The molecule has 0 radical (unpaired) electrons. The summed E-state index contributed by atoms with van der Waals surface area (Å²) >= 11 is 5.92. The number of aromatic nitrogens is 4. The molecule has 7 heteroatoms. The molecular weight excluding hydrogens is 374 g/mol. The lowest BCUT2D eigenvalue weighted by molar-refractivity contribution is -0.123. The highest BCUT2D eigenvalue weighted by atomic mass is 35.5. The monoisotopic (exact) mass is 393 g/mol. The summed E-state index contributed by atoms with van der Waals surface area (Å²) in [6.07, 6.45) is 4.99. The number of nitrogens with one attached hydrogen (secondary N) is 1. The van der Waals surface area contributed by atoms with Crippen molar-refractivity contribution in [3.05, 3.63) is 77.7 Å². The maximum atomic E-state index is 12.7. The number of halogens is 1.